The first kappa shape index (κ1) is 21.4. The Kier molecular flexibility index (Phi) is 7.82. The third-order valence-electron chi connectivity index (χ3n) is 3.36. The van der Waals surface area contributed by atoms with E-state index in [0.29, 0.717) is 17.5 Å². The van der Waals surface area contributed by atoms with Gasteiger partial charge in [-0.05, 0) is 43.2 Å². The molecule has 146 valence electrons. The van der Waals surface area contributed by atoms with E-state index in [1.807, 2.05) is 13.0 Å². The van der Waals surface area contributed by atoms with Crippen LogP contribution < -0.4 is 14.7 Å². The van der Waals surface area contributed by atoms with Crippen LogP contribution in [0.25, 0.3) is 0 Å². The molecule has 0 aliphatic carbocycles. The summed E-state index contributed by atoms with van der Waals surface area (Å²) in [7, 11) is -2.39. The van der Waals surface area contributed by atoms with Gasteiger partial charge in [0.2, 0.25) is 0 Å². The molecule has 9 heteroatoms. The van der Waals surface area contributed by atoms with Crippen molar-refractivity contribution in [2.45, 2.75) is 18.2 Å². The lowest BCUT2D eigenvalue weighted by atomic mass is 10.2. The minimum Gasteiger partial charge on any atom is -0.493 e. The standard InChI is InChI=1S/C18H21ClN2O4S2/c1-13-10-14(24-8-5-9-26-18(20)21-2)12-15(11-13)25-27(22,23)17-7-4-3-6-16(17)19/h3-4,6-7,10-12H,5,8-9H2,1-2H3,(H2,20,21). The fraction of sp³-hybridized carbons (Fsp3) is 0.278. The first-order valence-electron chi connectivity index (χ1n) is 8.10. The van der Waals surface area contributed by atoms with E-state index in [1.165, 1.54) is 30.0 Å². The summed E-state index contributed by atoms with van der Waals surface area (Å²) in [5, 5.41) is 0.639. The first-order chi connectivity index (χ1) is 12.8. The number of nitrogens with zero attached hydrogens (tertiary/aromatic N) is 1. The van der Waals surface area contributed by atoms with E-state index in [2.05, 4.69) is 4.99 Å². The maximum Gasteiger partial charge on any atom is 0.340 e. The van der Waals surface area contributed by atoms with Crippen LogP contribution in [0.15, 0.2) is 52.4 Å². The van der Waals surface area contributed by atoms with Crippen molar-refractivity contribution < 1.29 is 17.3 Å². The molecule has 27 heavy (non-hydrogen) atoms. The smallest absolute Gasteiger partial charge is 0.340 e. The van der Waals surface area contributed by atoms with Gasteiger partial charge in [-0.1, -0.05) is 35.5 Å². The number of thioether (sulfide) groups is 1. The maximum atomic E-state index is 12.5. The van der Waals surface area contributed by atoms with Crippen LogP contribution in [-0.2, 0) is 10.1 Å². The van der Waals surface area contributed by atoms with Crippen molar-refractivity contribution in [1.82, 2.24) is 0 Å². The minimum absolute atomic E-state index is 0.0807. The van der Waals surface area contributed by atoms with Gasteiger partial charge in [-0.15, -0.1) is 0 Å². The number of aliphatic imine (C=N–C) groups is 1. The van der Waals surface area contributed by atoms with Crippen LogP contribution >= 0.6 is 23.4 Å². The van der Waals surface area contributed by atoms with Crippen molar-refractivity contribution in [1.29, 1.82) is 0 Å². The first-order valence-corrected chi connectivity index (χ1v) is 10.9. The zero-order valence-electron chi connectivity index (χ0n) is 15.0. The second kappa shape index (κ2) is 9.87. The van der Waals surface area contributed by atoms with Crippen LogP contribution in [0, 0.1) is 6.92 Å². The van der Waals surface area contributed by atoms with Crippen LogP contribution in [0.3, 0.4) is 0 Å². The number of amidine groups is 1. The van der Waals surface area contributed by atoms with Crippen molar-refractivity contribution in [3.05, 3.63) is 53.1 Å². The predicted octanol–water partition coefficient (Wildman–Crippen LogP) is 3.86. The molecule has 0 radical (unpaired) electrons. The molecule has 0 bridgehead atoms. The van der Waals surface area contributed by atoms with E-state index in [4.69, 9.17) is 26.3 Å². The van der Waals surface area contributed by atoms with E-state index >= 15 is 0 Å². The molecular weight excluding hydrogens is 408 g/mol. The molecule has 0 aromatic heterocycles. The number of aryl methyl sites for hydroxylation is 1. The Hall–Kier alpha value is -1.90. The molecule has 2 N–H and O–H groups in total. The molecule has 0 heterocycles. The summed E-state index contributed by atoms with van der Waals surface area (Å²) in [4.78, 5) is 3.79. The average molecular weight is 429 g/mol. The number of benzene rings is 2. The highest BCUT2D eigenvalue weighted by Crippen LogP contribution is 2.28. The highest BCUT2D eigenvalue weighted by molar-refractivity contribution is 8.13. The topological polar surface area (TPSA) is 91.0 Å². The number of rotatable bonds is 8. The summed E-state index contributed by atoms with van der Waals surface area (Å²) in [5.41, 5.74) is 6.43. The second-order valence-electron chi connectivity index (χ2n) is 5.56. The van der Waals surface area contributed by atoms with Crippen molar-refractivity contribution in [3.63, 3.8) is 0 Å². The highest BCUT2D eigenvalue weighted by atomic mass is 35.5. The lowest BCUT2D eigenvalue weighted by Crippen LogP contribution is -2.10. The highest BCUT2D eigenvalue weighted by Gasteiger charge is 2.20. The summed E-state index contributed by atoms with van der Waals surface area (Å²) in [5.74, 6) is 1.47. The molecule has 0 aliphatic rings. The molecule has 0 fully saturated rings. The maximum absolute atomic E-state index is 12.5. The number of nitrogens with two attached hydrogens (primary N) is 1. The van der Waals surface area contributed by atoms with Gasteiger partial charge >= 0.3 is 10.1 Å². The van der Waals surface area contributed by atoms with Crippen molar-refractivity contribution in [3.8, 4) is 11.5 Å². The van der Waals surface area contributed by atoms with E-state index in [0.717, 1.165) is 17.7 Å². The largest absolute Gasteiger partial charge is 0.493 e. The Labute approximate surface area is 168 Å². The number of hydrogen-bond acceptors (Lipinski definition) is 6. The van der Waals surface area contributed by atoms with Gasteiger partial charge in [0.25, 0.3) is 0 Å². The molecule has 0 saturated heterocycles. The molecule has 2 aromatic carbocycles. The fourth-order valence-corrected chi connectivity index (χ4v) is 4.17. The lowest BCUT2D eigenvalue weighted by molar-refractivity contribution is 0.317. The Morgan fingerprint density at radius 1 is 1.22 bits per heavy atom. The molecule has 0 amide bonds. The Morgan fingerprint density at radius 3 is 2.63 bits per heavy atom. The third-order valence-corrected chi connectivity index (χ3v) is 6.08. The molecule has 0 aliphatic heterocycles. The summed E-state index contributed by atoms with van der Waals surface area (Å²) in [6.07, 6.45) is 0.767. The van der Waals surface area contributed by atoms with Crippen LogP contribution in [-0.4, -0.2) is 33.0 Å². The molecule has 6 nitrogen and oxygen atoms in total. The Balaban J connectivity index is 2.03. The van der Waals surface area contributed by atoms with E-state index in [-0.39, 0.29) is 15.7 Å². The molecule has 2 aromatic rings. The van der Waals surface area contributed by atoms with Crippen molar-refractivity contribution in [2.75, 3.05) is 19.4 Å². The minimum atomic E-state index is -4.04. The molecule has 2 rings (SSSR count). The molecular formula is C18H21ClN2O4S2. The van der Waals surface area contributed by atoms with Gasteiger partial charge in [0.05, 0.1) is 11.6 Å². The summed E-state index contributed by atoms with van der Waals surface area (Å²) >= 11 is 7.42. The van der Waals surface area contributed by atoms with E-state index in [1.54, 1.807) is 25.2 Å². The summed E-state index contributed by atoms with van der Waals surface area (Å²) < 4.78 is 35.9. The van der Waals surface area contributed by atoms with Gasteiger partial charge in [0, 0.05) is 18.9 Å². The van der Waals surface area contributed by atoms with Gasteiger partial charge in [-0.3, -0.25) is 4.99 Å². The molecule has 0 atom stereocenters. The van der Waals surface area contributed by atoms with Crippen LogP contribution in [0.5, 0.6) is 11.5 Å². The average Bonchev–Trinajstić information content (AvgIpc) is 2.60. The number of halogens is 1. The number of hydrogen-bond donors (Lipinski definition) is 1. The Bertz CT molecular complexity index is 917. The summed E-state index contributed by atoms with van der Waals surface area (Å²) in [6.45, 7) is 2.29. The van der Waals surface area contributed by atoms with Crippen molar-refractivity contribution in [2.24, 2.45) is 10.7 Å². The van der Waals surface area contributed by atoms with Gasteiger partial charge in [0.1, 0.15) is 16.4 Å². The predicted molar refractivity (Wildman–Crippen MR) is 111 cm³/mol. The second-order valence-corrected chi connectivity index (χ2v) is 8.60. The van der Waals surface area contributed by atoms with Crippen LogP contribution in [0.2, 0.25) is 5.02 Å². The SMILES string of the molecule is C/N=C(/N)SCCCOc1cc(C)cc(OS(=O)(=O)c2ccccc2Cl)c1. The molecule has 0 spiro atoms. The molecule has 0 saturated carbocycles. The van der Waals surface area contributed by atoms with E-state index in [9.17, 15) is 8.42 Å². The quantitative estimate of drug-likeness (QED) is 0.297. The van der Waals surface area contributed by atoms with Gasteiger partial charge < -0.3 is 14.7 Å². The fourth-order valence-electron chi connectivity index (χ4n) is 2.15. The van der Waals surface area contributed by atoms with Crippen LogP contribution in [0.4, 0.5) is 0 Å². The van der Waals surface area contributed by atoms with E-state index < -0.39 is 10.1 Å². The van der Waals surface area contributed by atoms with Gasteiger partial charge in [-0.25, -0.2) is 0 Å². The normalized spacial score (nSPS) is 12.0. The van der Waals surface area contributed by atoms with Gasteiger partial charge in [-0.2, -0.15) is 8.42 Å². The van der Waals surface area contributed by atoms with Gasteiger partial charge in [0.15, 0.2) is 5.17 Å². The summed E-state index contributed by atoms with van der Waals surface area (Å²) in [6, 6.07) is 11.1. The zero-order chi connectivity index (χ0) is 19.9. The number of ether oxygens (including phenoxy) is 1. The van der Waals surface area contributed by atoms with Crippen LogP contribution in [0.1, 0.15) is 12.0 Å². The Morgan fingerprint density at radius 2 is 1.93 bits per heavy atom. The third kappa shape index (κ3) is 6.64. The lowest BCUT2D eigenvalue weighted by Gasteiger charge is -2.12. The zero-order valence-corrected chi connectivity index (χ0v) is 17.4. The molecule has 0 unspecified atom stereocenters. The van der Waals surface area contributed by atoms with Crippen molar-refractivity contribution >= 4 is 38.6 Å². The monoisotopic (exact) mass is 428 g/mol.